The predicted octanol–water partition coefficient (Wildman–Crippen LogP) is 0.832. The van der Waals surface area contributed by atoms with Crippen molar-refractivity contribution in [3.63, 3.8) is 0 Å². The highest BCUT2D eigenvalue weighted by Gasteiger charge is 2.14. The fraction of sp³-hybridized carbons (Fsp3) is 0.750. The molecule has 0 aromatic carbocycles. The van der Waals surface area contributed by atoms with E-state index in [2.05, 4.69) is 19.6 Å². The van der Waals surface area contributed by atoms with Crippen molar-refractivity contribution in [3.8, 4) is 0 Å². The zero-order valence-corrected chi connectivity index (χ0v) is 13.1. The molecule has 0 amide bonds. The second-order valence-corrected chi connectivity index (χ2v) is 9.54. The van der Waals surface area contributed by atoms with Gasteiger partial charge in [-0.3, -0.25) is 9.59 Å². The first-order valence-electron chi connectivity index (χ1n) is 6.36. The van der Waals surface area contributed by atoms with Gasteiger partial charge in [0.05, 0.1) is 26.2 Å². The van der Waals surface area contributed by atoms with Gasteiger partial charge in [0.1, 0.15) is 6.61 Å². The summed E-state index contributed by atoms with van der Waals surface area (Å²) in [6.45, 7) is 7.49. The van der Waals surface area contributed by atoms with Crippen LogP contribution in [0.1, 0.15) is 12.8 Å². The number of carbonyl (C=O) groups excluding carboxylic acids is 2. The van der Waals surface area contributed by atoms with Crippen molar-refractivity contribution in [2.45, 2.75) is 32.5 Å². The zero-order valence-electron chi connectivity index (χ0n) is 12.1. The van der Waals surface area contributed by atoms with Crippen molar-refractivity contribution in [1.82, 2.24) is 0 Å². The normalized spacial score (nSPS) is 11.2. The summed E-state index contributed by atoms with van der Waals surface area (Å²) in [5.41, 5.74) is 0. The van der Waals surface area contributed by atoms with Gasteiger partial charge in [-0.15, -0.1) is 0 Å². The Morgan fingerprint density at radius 1 is 0.950 bits per heavy atom. The number of ketones is 1. The molecule has 20 heavy (non-hydrogen) atoms. The van der Waals surface area contributed by atoms with Gasteiger partial charge in [-0.2, -0.15) is 0 Å². The topological polar surface area (TPSA) is 99.1 Å². The number of aliphatic carboxylic acids is 1. The number of carboxylic acid groups (broad SMARTS) is 1. The summed E-state index contributed by atoms with van der Waals surface area (Å²) in [5.74, 6) is -3.15. The molecule has 0 heterocycles. The quantitative estimate of drug-likeness (QED) is 0.261. The van der Waals surface area contributed by atoms with Crippen LogP contribution >= 0.6 is 0 Å². The summed E-state index contributed by atoms with van der Waals surface area (Å²) >= 11 is 0. The Kier molecular flexibility index (Phi) is 9.02. The van der Waals surface area contributed by atoms with Gasteiger partial charge in [0, 0.05) is 6.42 Å². The maximum absolute atomic E-state index is 11.1. The summed E-state index contributed by atoms with van der Waals surface area (Å²) in [7, 11) is -1.52. The third-order valence-corrected chi connectivity index (χ3v) is 3.12. The fourth-order valence-corrected chi connectivity index (χ4v) is 1.81. The maximum atomic E-state index is 11.1. The number of carboxylic acids is 1. The van der Waals surface area contributed by atoms with E-state index in [0.29, 0.717) is 13.2 Å². The van der Waals surface area contributed by atoms with Crippen LogP contribution in [0.25, 0.3) is 0 Å². The van der Waals surface area contributed by atoms with Crippen LogP contribution in [0.2, 0.25) is 19.6 Å². The molecular weight excluding hydrogens is 284 g/mol. The molecule has 0 aliphatic heterocycles. The van der Waals surface area contributed by atoms with Crippen molar-refractivity contribution in [3.05, 3.63) is 0 Å². The van der Waals surface area contributed by atoms with Crippen molar-refractivity contribution in [2.75, 3.05) is 26.4 Å². The molecule has 0 spiro atoms. The highest BCUT2D eigenvalue weighted by atomic mass is 28.4. The van der Waals surface area contributed by atoms with Gasteiger partial charge in [0.15, 0.2) is 8.32 Å². The first kappa shape index (κ1) is 18.7. The van der Waals surface area contributed by atoms with E-state index in [9.17, 15) is 14.4 Å². The second kappa shape index (κ2) is 9.62. The Bertz CT molecular complexity index is 335. The average molecular weight is 306 g/mol. The van der Waals surface area contributed by atoms with E-state index in [1.165, 1.54) is 0 Å². The van der Waals surface area contributed by atoms with Crippen molar-refractivity contribution in [1.29, 1.82) is 0 Å². The number of ether oxygens (including phenoxy) is 2. The highest BCUT2D eigenvalue weighted by molar-refractivity contribution is 6.69. The Hall–Kier alpha value is -1.25. The van der Waals surface area contributed by atoms with Gasteiger partial charge in [0.25, 0.3) is 0 Å². The minimum absolute atomic E-state index is 0.0764. The highest BCUT2D eigenvalue weighted by Crippen LogP contribution is 2.01. The molecule has 0 atom stereocenters. The molecule has 0 bridgehead atoms. The van der Waals surface area contributed by atoms with Crippen LogP contribution < -0.4 is 0 Å². The molecule has 0 unspecified atom stereocenters. The van der Waals surface area contributed by atoms with Crippen LogP contribution in [-0.2, 0) is 28.3 Å². The summed E-state index contributed by atoms with van der Waals surface area (Å²) in [6.07, 6.45) is -0.580. The number of hydrogen-bond donors (Lipinski definition) is 1. The molecular formula is C12H22O7Si. The van der Waals surface area contributed by atoms with Crippen LogP contribution in [0, 0.1) is 0 Å². The fourth-order valence-electron chi connectivity index (χ4n) is 1.12. The third-order valence-electron chi connectivity index (χ3n) is 2.05. The first-order valence-corrected chi connectivity index (χ1v) is 9.76. The Morgan fingerprint density at radius 2 is 1.55 bits per heavy atom. The predicted molar refractivity (Wildman–Crippen MR) is 73.0 cm³/mol. The van der Waals surface area contributed by atoms with Crippen LogP contribution in [0.5, 0.6) is 0 Å². The van der Waals surface area contributed by atoms with E-state index in [4.69, 9.17) is 19.0 Å². The number of carbonyl (C=O) groups is 3. The summed E-state index contributed by atoms with van der Waals surface area (Å²) in [6, 6.07) is 0. The molecule has 116 valence electrons. The SMILES string of the molecule is C[Si](C)(C)OCCOCCOC(=O)CCC(=O)C(=O)O. The van der Waals surface area contributed by atoms with Gasteiger partial charge in [-0.25, -0.2) is 4.79 Å². The van der Waals surface area contributed by atoms with E-state index in [-0.39, 0.29) is 26.1 Å². The molecule has 0 fully saturated rings. The van der Waals surface area contributed by atoms with E-state index in [1.807, 2.05) is 0 Å². The van der Waals surface area contributed by atoms with Gasteiger partial charge >= 0.3 is 11.9 Å². The summed E-state index contributed by atoms with van der Waals surface area (Å²) < 4.78 is 15.5. The van der Waals surface area contributed by atoms with Gasteiger partial charge in [0.2, 0.25) is 5.78 Å². The summed E-state index contributed by atoms with van der Waals surface area (Å²) in [4.78, 5) is 32.1. The zero-order chi connectivity index (χ0) is 15.6. The molecule has 0 aliphatic rings. The number of Topliss-reactive ketones (excluding diaryl/α,β-unsaturated/α-hetero) is 1. The Balaban J connectivity index is 3.45. The monoisotopic (exact) mass is 306 g/mol. The molecule has 0 aliphatic carbocycles. The van der Waals surface area contributed by atoms with Crippen molar-refractivity contribution in [2.24, 2.45) is 0 Å². The molecule has 0 saturated heterocycles. The van der Waals surface area contributed by atoms with E-state index in [1.54, 1.807) is 0 Å². The van der Waals surface area contributed by atoms with Crippen LogP contribution in [-0.4, -0.2) is 57.6 Å². The van der Waals surface area contributed by atoms with Crippen LogP contribution in [0.4, 0.5) is 0 Å². The van der Waals surface area contributed by atoms with Crippen molar-refractivity contribution >= 4 is 26.0 Å². The molecule has 0 radical (unpaired) electrons. The molecule has 0 aromatic heterocycles. The molecule has 7 nitrogen and oxygen atoms in total. The molecule has 8 heteroatoms. The average Bonchev–Trinajstić information content (AvgIpc) is 2.33. The maximum Gasteiger partial charge on any atom is 0.372 e. The Labute approximate surface area is 119 Å². The molecule has 0 saturated carbocycles. The second-order valence-electron chi connectivity index (χ2n) is 5.02. The number of rotatable bonds is 11. The largest absolute Gasteiger partial charge is 0.476 e. The third kappa shape index (κ3) is 11.8. The lowest BCUT2D eigenvalue weighted by Crippen LogP contribution is -2.27. The van der Waals surface area contributed by atoms with E-state index < -0.39 is 26.0 Å². The lowest BCUT2D eigenvalue weighted by Gasteiger charge is -2.16. The van der Waals surface area contributed by atoms with E-state index in [0.717, 1.165) is 0 Å². The van der Waals surface area contributed by atoms with Gasteiger partial charge in [-0.05, 0) is 19.6 Å². The number of hydrogen-bond acceptors (Lipinski definition) is 6. The lowest BCUT2D eigenvalue weighted by atomic mass is 10.2. The molecule has 0 aromatic rings. The lowest BCUT2D eigenvalue weighted by molar-refractivity contribution is -0.151. The first-order chi connectivity index (χ1) is 9.22. The van der Waals surface area contributed by atoms with E-state index >= 15 is 0 Å². The van der Waals surface area contributed by atoms with Gasteiger partial charge in [-0.1, -0.05) is 0 Å². The van der Waals surface area contributed by atoms with Crippen LogP contribution in [0.15, 0.2) is 0 Å². The van der Waals surface area contributed by atoms with Crippen LogP contribution in [0.3, 0.4) is 0 Å². The Morgan fingerprint density at radius 3 is 2.10 bits per heavy atom. The summed E-state index contributed by atoms with van der Waals surface area (Å²) in [5, 5.41) is 8.32. The minimum atomic E-state index is -1.54. The smallest absolute Gasteiger partial charge is 0.372 e. The molecule has 0 rings (SSSR count). The standard InChI is InChI=1S/C12H22O7Si/c1-20(2,3)19-9-7-17-6-8-18-11(14)5-4-10(13)12(15)16/h4-9H2,1-3H3,(H,15,16). The van der Waals surface area contributed by atoms with Crippen molar-refractivity contribution < 1.29 is 33.4 Å². The number of esters is 1. The molecule has 1 N–H and O–H groups in total. The minimum Gasteiger partial charge on any atom is -0.476 e. The van der Waals surface area contributed by atoms with Gasteiger partial charge < -0.3 is 19.0 Å².